The zero-order chi connectivity index (χ0) is 13.0. The number of nitrogens with one attached hydrogen (secondary N) is 1. The lowest BCUT2D eigenvalue weighted by molar-refractivity contribution is -0.384. The third kappa shape index (κ3) is 2.98. The topological polar surface area (TPSA) is 93.8 Å². The minimum Gasteiger partial charge on any atom is -0.359 e. The van der Waals surface area contributed by atoms with Crippen LogP contribution in [0.25, 0.3) is 0 Å². The van der Waals surface area contributed by atoms with E-state index in [1.54, 1.807) is 12.3 Å². The first kappa shape index (κ1) is 12.4. The van der Waals surface area contributed by atoms with Gasteiger partial charge in [0, 0.05) is 22.9 Å². The molecule has 2 aromatic rings. The molecule has 0 radical (unpaired) electrons. The number of aromatic nitrogens is 3. The molecule has 0 atom stereocenters. The minimum atomic E-state index is -0.486. The molecule has 1 N–H and O–H groups in total. The molecule has 2 aromatic heterocycles. The second-order valence-corrected chi connectivity index (χ2v) is 4.25. The molecular weight excluding hydrogens is 302 g/mol. The van der Waals surface area contributed by atoms with Crippen LogP contribution in [0.5, 0.6) is 0 Å². The number of rotatable bonds is 4. The smallest absolute Gasteiger partial charge is 0.312 e. The third-order valence-corrected chi connectivity index (χ3v) is 2.54. The lowest BCUT2D eigenvalue weighted by atomic mass is 10.3. The summed E-state index contributed by atoms with van der Waals surface area (Å²) in [5, 5.41) is 13.7. The van der Waals surface area contributed by atoms with E-state index in [1.165, 1.54) is 18.6 Å². The van der Waals surface area contributed by atoms with Gasteiger partial charge >= 0.3 is 5.69 Å². The Morgan fingerprint density at radius 3 is 2.94 bits per heavy atom. The van der Waals surface area contributed by atoms with Crippen molar-refractivity contribution >= 4 is 27.4 Å². The van der Waals surface area contributed by atoms with E-state index >= 15 is 0 Å². The van der Waals surface area contributed by atoms with Gasteiger partial charge in [0.1, 0.15) is 6.33 Å². The molecular formula is C10H8BrN5O2. The molecule has 0 saturated heterocycles. The molecule has 0 aromatic carbocycles. The maximum atomic E-state index is 10.9. The van der Waals surface area contributed by atoms with Crippen LogP contribution in [0.1, 0.15) is 5.69 Å². The number of nitro groups is 1. The van der Waals surface area contributed by atoms with Crippen molar-refractivity contribution in [1.29, 1.82) is 0 Å². The summed E-state index contributed by atoms with van der Waals surface area (Å²) in [5.74, 6) is 0.210. The molecule has 0 fully saturated rings. The molecule has 0 bridgehead atoms. The first-order valence-electron chi connectivity index (χ1n) is 4.95. The largest absolute Gasteiger partial charge is 0.359 e. The molecule has 18 heavy (non-hydrogen) atoms. The van der Waals surface area contributed by atoms with Gasteiger partial charge in [-0.2, -0.15) is 0 Å². The highest BCUT2D eigenvalue weighted by atomic mass is 79.9. The Bertz CT molecular complexity index is 563. The Morgan fingerprint density at radius 2 is 2.28 bits per heavy atom. The van der Waals surface area contributed by atoms with E-state index in [0.29, 0.717) is 11.0 Å². The molecule has 0 saturated carbocycles. The lowest BCUT2D eigenvalue weighted by Crippen LogP contribution is -2.05. The molecule has 0 aliphatic rings. The zero-order valence-electron chi connectivity index (χ0n) is 9.08. The van der Waals surface area contributed by atoms with Crippen LogP contribution in [0.4, 0.5) is 11.5 Å². The number of hydrogen-bond acceptors (Lipinski definition) is 6. The zero-order valence-corrected chi connectivity index (χ0v) is 10.7. The van der Waals surface area contributed by atoms with Gasteiger partial charge in [-0.15, -0.1) is 0 Å². The summed E-state index contributed by atoms with van der Waals surface area (Å²) in [5.41, 5.74) is 0.641. The van der Waals surface area contributed by atoms with E-state index in [1.807, 2.05) is 0 Å². The molecule has 0 aliphatic heterocycles. The lowest BCUT2D eigenvalue weighted by Gasteiger charge is -2.05. The standard InChI is InChI=1S/C10H8BrN5O2/c11-7-3-9(16(17)18)10(13-4-7)14-5-8-1-2-12-6-15-8/h1-4,6H,5H2,(H,13,14). The van der Waals surface area contributed by atoms with Gasteiger partial charge in [-0.3, -0.25) is 10.1 Å². The van der Waals surface area contributed by atoms with E-state index in [0.717, 1.165) is 5.69 Å². The third-order valence-electron chi connectivity index (χ3n) is 2.11. The summed E-state index contributed by atoms with van der Waals surface area (Å²) in [6.45, 7) is 0.345. The Hall–Kier alpha value is -2.09. The fraction of sp³-hybridized carbons (Fsp3) is 0.100. The minimum absolute atomic E-state index is 0.0848. The molecule has 2 heterocycles. The summed E-state index contributed by atoms with van der Waals surface area (Å²) in [6.07, 6.45) is 4.52. The molecule has 0 spiro atoms. The van der Waals surface area contributed by atoms with E-state index in [-0.39, 0.29) is 11.5 Å². The number of anilines is 1. The van der Waals surface area contributed by atoms with Gasteiger partial charge in [-0.25, -0.2) is 15.0 Å². The maximum Gasteiger partial charge on any atom is 0.312 e. The fourth-order valence-corrected chi connectivity index (χ4v) is 1.62. The molecule has 0 amide bonds. The Morgan fingerprint density at radius 1 is 1.44 bits per heavy atom. The van der Waals surface area contributed by atoms with Crippen molar-refractivity contribution in [2.24, 2.45) is 0 Å². The summed E-state index contributed by atoms with van der Waals surface area (Å²) in [7, 11) is 0. The predicted octanol–water partition coefficient (Wildman–Crippen LogP) is 2.15. The van der Waals surface area contributed by atoms with Gasteiger partial charge in [-0.1, -0.05) is 0 Å². The van der Waals surface area contributed by atoms with Crippen LogP contribution in [-0.2, 0) is 6.54 Å². The van der Waals surface area contributed by atoms with Crippen LogP contribution in [-0.4, -0.2) is 19.9 Å². The monoisotopic (exact) mass is 309 g/mol. The average Bonchev–Trinajstić information content (AvgIpc) is 2.38. The SMILES string of the molecule is O=[N+]([O-])c1cc(Br)cnc1NCc1ccncn1. The summed E-state index contributed by atoms with van der Waals surface area (Å²) >= 11 is 3.15. The van der Waals surface area contributed by atoms with E-state index < -0.39 is 4.92 Å². The van der Waals surface area contributed by atoms with Gasteiger partial charge in [0.15, 0.2) is 0 Å². The van der Waals surface area contributed by atoms with Gasteiger partial charge in [0.05, 0.1) is 17.2 Å². The second-order valence-electron chi connectivity index (χ2n) is 3.33. The summed E-state index contributed by atoms with van der Waals surface area (Å²) in [4.78, 5) is 22.1. The molecule has 0 aliphatic carbocycles. The van der Waals surface area contributed by atoms with Gasteiger partial charge < -0.3 is 5.32 Å². The molecule has 2 rings (SSSR count). The highest BCUT2D eigenvalue weighted by Gasteiger charge is 2.15. The average molecular weight is 310 g/mol. The number of pyridine rings is 1. The number of nitrogens with zero attached hydrogens (tertiary/aromatic N) is 4. The van der Waals surface area contributed by atoms with Crippen molar-refractivity contribution in [3.63, 3.8) is 0 Å². The van der Waals surface area contributed by atoms with Crippen LogP contribution < -0.4 is 5.32 Å². The summed E-state index contributed by atoms with van der Waals surface area (Å²) in [6, 6.07) is 3.12. The summed E-state index contributed by atoms with van der Waals surface area (Å²) < 4.78 is 0.557. The normalized spacial score (nSPS) is 10.1. The van der Waals surface area contributed by atoms with Gasteiger partial charge in [0.25, 0.3) is 0 Å². The van der Waals surface area contributed by atoms with Crippen molar-refractivity contribution in [2.75, 3.05) is 5.32 Å². The van der Waals surface area contributed by atoms with Crippen LogP contribution in [0.2, 0.25) is 0 Å². The first-order chi connectivity index (χ1) is 8.66. The fourth-order valence-electron chi connectivity index (χ4n) is 1.30. The van der Waals surface area contributed by atoms with E-state index in [9.17, 15) is 10.1 Å². The number of hydrogen-bond donors (Lipinski definition) is 1. The Kier molecular flexibility index (Phi) is 3.78. The Balaban J connectivity index is 2.17. The van der Waals surface area contributed by atoms with Gasteiger partial charge in [-0.05, 0) is 22.0 Å². The van der Waals surface area contributed by atoms with Crippen molar-refractivity contribution in [1.82, 2.24) is 15.0 Å². The highest BCUT2D eigenvalue weighted by molar-refractivity contribution is 9.10. The van der Waals surface area contributed by atoms with Crippen LogP contribution >= 0.6 is 15.9 Å². The Labute approximate surface area is 111 Å². The molecule has 8 heteroatoms. The molecule has 7 nitrogen and oxygen atoms in total. The predicted molar refractivity (Wildman–Crippen MR) is 68.0 cm³/mol. The van der Waals surface area contributed by atoms with Crippen molar-refractivity contribution in [3.05, 3.63) is 51.1 Å². The van der Waals surface area contributed by atoms with Crippen LogP contribution in [0.15, 0.2) is 35.3 Å². The van der Waals surface area contributed by atoms with Crippen LogP contribution in [0.3, 0.4) is 0 Å². The maximum absolute atomic E-state index is 10.9. The quantitative estimate of drug-likeness (QED) is 0.687. The van der Waals surface area contributed by atoms with E-state index in [2.05, 4.69) is 36.2 Å². The second kappa shape index (κ2) is 5.50. The molecule has 0 unspecified atom stereocenters. The first-order valence-corrected chi connectivity index (χ1v) is 5.75. The highest BCUT2D eigenvalue weighted by Crippen LogP contribution is 2.25. The van der Waals surface area contributed by atoms with Crippen LogP contribution in [0, 0.1) is 10.1 Å². The van der Waals surface area contributed by atoms with Gasteiger partial charge in [0.2, 0.25) is 5.82 Å². The number of halogens is 1. The van der Waals surface area contributed by atoms with Crippen molar-refractivity contribution < 1.29 is 4.92 Å². The molecule has 92 valence electrons. The van der Waals surface area contributed by atoms with Crippen molar-refractivity contribution in [3.8, 4) is 0 Å². The van der Waals surface area contributed by atoms with E-state index in [4.69, 9.17) is 0 Å². The van der Waals surface area contributed by atoms with Crippen molar-refractivity contribution in [2.45, 2.75) is 6.54 Å².